The number of carbonyl (C=O) groups is 3. The van der Waals surface area contributed by atoms with E-state index in [1.54, 1.807) is 0 Å². The van der Waals surface area contributed by atoms with Crippen LogP contribution in [-0.4, -0.2) is 55.6 Å². The predicted molar refractivity (Wildman–Crippen MR) is 76.6 cm³/mol. The maximum absolute atomic E-state index is 11.6. The Morgan fingerprint density at radius 3 is 2.50 bits per heavy atom. The van der Waals surface area contributed by atoms with Crippen LogP contribution in [-0.2, 0) is 16.1 Å². The Hall–Kier alpha value is -2.73. The monoisotopic (exact) mass is 345 g/mol. The lowest BCUT2D eigenvalue weighted by atomic mass is 10.2. The molecule has 0 aromatic carbocycles. The topological polar surface area (TPSA) is 201 Å². The van der Waals surface area contributed by atoms with E-state index in [9.17, 15) is 19.5 Å². The average molecular weight is 345 g/mol. The smallest absolute Gasteiger partial charge is 0.328 e. The van der Waals surface area contributed by atoms with Crippen LogP contribution in [0.4, 0.5) is 4.79 Å². The van der Waals surface area contributed by atoms with Crippen LogP contribution in [0.5, 0.6) is 0 Å². The van der Waals surface area contributed by atoms with E-state index in [0.29, 0.717) is 0 Å². The zero-order chi connectivity index (χ0) is 18.3. The van der Waals surface area contributed by atoms with Crippen molar-refractivity contribution in [2.75, 3.05) is 0 Å². The van der Waals surface area contributed by atoms with Crippen LogP contribution in [0.25, 0.3) is 0 Å². The van der Waals surface area contributed by atoms with E-state index in [1.807, 2.05) is 0 Å². The van der Waals surface area contributed by atoms with Crippen molar-refractivity contribution >= 4 is 18.0 Å². The molecule has 2 amide bonds. The minimum absolute atomic E-state index is 0.00912. The second-order valence-corrected chi connectivity index (χ2v) is 4.96. The fraction of sp³-hybridized carbons (Fsp3) is 0.583. The van der Waals surface area contributed by atoms with E-state index in [0.717, 1.165) is 0 Å². The van der Waals surface area contributed by atoms with E-state index in [1.165, 1.54) is 6.92 Å². The first-order chi connectivity index (χ1) is 11.2. The Kier molecular flexibility index (Phi) is 7.07. The number of aliphatic hydroxyl groups excluding tert-OH is 1. The number of amides is 2. The summed E-state index contributed by atoms with van der Waals surface area (Å²) in [7, 11) is 0. The van der Waals surface area contributed by atoms with Crippen LogP contribution >= 0.6 is 0 Å². The number of carboxylic acid groups (broad SMARTS) is 2. The highest BCUT2D eigenvalue weighted by Crippen LogP contribution is 2.14. The van der Waals surface area contributed by atoms with Gasteiger partial charge in [-0.2, -0.15) is 0 Å². The van der Waals surface area contributed by atoms with E-state index < -0.39 is 36.2 Å². The molecule has 7 N–H and O–H groups in total. The third kappa shape index (κ3) is 6.18. The largest absolute Gasteiger partial charge is 0.481 e. The van der Waals surface area contributed by atoms with Crippen molar-refractivity contribution in [3.63, 3.8) is 0 Å². The molecule has 12 nitrogen and oxygen atoms in total. The van der Waals surface area contributed by atoms with Crippen molar-refractivity contribution in [1.82, 2.24) is 20.8 Å². The van der Waals surface area contributed by atoms with Gasteiger partial charge < -0.3 is 36.1 Å². The second-order valence-electron chi connectivity index (χ2n) is 4.96. The van der Waals surface area contributed by atoms with Crippen LogP contribution in [0.3, 0.4) is 0 Å². The van der Waals surface area contributed by atoms with Crippen LogP contribution in [0.15, 0.2) is 4.42 Å². The molecule has 3 atom stereocenters. The number of aliphatic hydroxyl groups is 1. The molecular weight excluding hydrogens is 326 g/mol. The molecular formula is C12H19N5O7. The summed E-state index contributed by atoms with van der Waals surface area (Å²) in [5.41, 5.74) is 5.69. The van der Waals surface area contributed by atoms with Gasteiger partial charge in [-0.05, 0) is 13.3 Å². The normalized spacial score (nSPS) is 14.5. The van der Waals surface area contributed by atoms with Gasteiger partial charge in [-0.1, -0.05) is 0 Å². The number of aromatic nitrogens is 2. The number of hydrogen-bond acceptors (Lipinski definition) is 8. The van der Waals surface area contributed by atoms with Gasteiger partial charge in [-0.25, -0.2) is 9.59 Å². The Balaban J connectivity index is 2.49. The number of nitrogens with two attached hydrogens (primary N) is 1. The molecule has 12 heteroatoms. The summed E-state index contributed by atoms with van der Waals surface area (Å²) in [5.74, 6) is -2.35. The molecule has 0 aliphatic rings. The molecule has 0 spiro atoms. The summed E-state index contributed by atoms with van der Waals surface area (Å²) in [4.78, 5) is 32.9. The number of rotatable bonds is 9. The second kappa shape index (κ2) is 8.79. The fourth-order valence-corrected chi connectivity index (χ4v) is 1.63. The SMILES string of the molecule is CC(O)C(NC(=O)NCc1nnc(C(N)CCC(=O)O)o1)C(=O)O. The summed E-state index contributed by atoms with van der Waals surface area (Å²) < 4.78 is 5.18. The Morgan fingerprint density at radius 1 is 1.29 bits per heavy atom. The number of carboxylic acids is 2. The molecule has 3 unspecified atom stereocenters. The van der Waals surface area contributed by atoms with Crippen molar-refractivity contribution in [3.8, 4) is 0 Å². The number of hydrogen-bond donors (Lipinski definition) is 6. The highest BCUT2D eigenvalue weighted by atomic mass is 16.4. The van der Waals surface area contributed by atoms with Gasteiger partial charge in [0, 0.05) is 6.42 Å². The van der Waals surface area contributed by atoms with E-state index in [-0.39, 0.29) is 31.2 Å². The number of aliphatic carboxylic acids is 2. The molecule has 0 saturated carbocycles. The van der Waals surface area contributed by atoms with Gasteiger partial charge in [0.2, 0.25) is 11.8 Å². The molecule has 0 radical (unpaired) electrons. The molecule has 1 aromatic rings. The lowest BCUT2D eigenvalue weighted by Crippen LogP contribution is -2.51. The molecule has 0 fully saturated rings. The zero-order valence-electron chi connectivity index (χ0n) is 12.8. The Bertz CT molecular complexity index is 588. The number of carbonyl (C=O) groups excluding carboxylic acids is 1. The maximum Gasteiger partial charge on any atom is 0.328 e. The first-order valence-corrected chi connectivity index (χ1v) is 6.95. The van der Waals surface area contributed by atoms with Gasteiger partial charge in [0.1, 0.15) is 0 Å². The molecule has 1 heterocycles. The summed E-state index contributed by atoms with van der Waals surface area (Å²) in [5, 5.41) is 38.3. The summed E-state index contributed by atoms with van der Waals surface area (Å²) >= 11 is 0. The summed E-state index contributed by atoms with van der Waals surface area (Å²) in [6.07, 6.45) is -1.33. The van der Waals surface area contributed by atoms with Gasteiger partial charge in [0.25, 0.3) is 0 Å². The van der Waals surface area contributed by atoms with Gasteiger partial charge in [-0.3, -0.25) is 4.79 Å². The molecule has 1 rings (SSSR count). The summed E-state index contributed by atoms with van der Waals surface area (Å²) in [6.45, 7) is 1.03. The highest BCUT2D eigenvalue weighted by Gasteiger charge is 2.25. The minimum Gasteiger partial charge on any atom is -0.481 e. The predicted octanol–water partition coefficient (Wildman–Crippen LogP) is -1.43. The zero-order valence-corrected chi connectivity index (χ0v) is 12.8. The summed E-state index contributed by atoms with van der Waals surface area (Å²) in [6, 6.07) is -3.06. The molecule has 0 saturated heterocycles. The van der Waals surface area contributed by atoms with Crippen molar-refractivity contribution in [1.29, 1.82) is 0 Å². The quantitative estimate of drug-likeness (QED) is 0.308. The third-order valence-corrected chi connectivity index (χ3v) is 2.90. The standard InChI is InChI=1S/C12H19N5O7/c1-5(18)9(11(21)22)15-12(23)14-4-7-16-17-10(24-7)6(13)2-3-8(19)20/h5-6,9,18H,2-4,13H2,1H3,(H,19,20)(H,21,22)(H2,14,15,23). The molecule has 0 aliphatic heterocycles. The third-order valence-electron chi connectivity index (χ3n) is 2.90. The lowest BCUT2D eigenvalue weighted by molar-refractivity contribution is -0.142. The number of nitrogens with zero attached hydrogens (tertiary/aromatic N) is 2. The molecule has 1 aromatic heterocycles. The van der Waals surface area contributed by atoms with Crippen LogP contribution in [0.1, 0.15) is 37.6 Å². The number of nitrogens with one attached hydrogen (secondary N) is 2. The maximum atomic E-state index is 11.6. The van der Waals surface area contributed by atoms with Gasteiger partial charge >= 0.3 is 18.0 Å². The molecule has 0 bridgehead atoms. The Labute approximate surface area is 136 Å². The van der Waals surface area contributed by atoms with Crippen LogP contribution in [0, 0.1) is 0 Å². The van der Waals surface area contributed by atoms with E-state index >= 15 is 0 Å². The van der Waals surface area contributed by atoms with Crippen LogP contribution < -0.4 is 16.4 Å². The van der Waals surface area contributed by atoms with E-state index in [2.05, 4.69) is 20.8 Å². The first-order valence-electron chi connectivity index (χ1n) is 6.95. The molecule has 0 aliphatic carbocycles. The average Bonchev–Trinajstić information content (AvgIpc) is 2.96. The van der Waals surface area contributed by atoms with E-state index in [4.69, 9.17) is 20.4 Å². The lowest BCUT2D eigenvalue weighted by Gasteiger charge is -2.16. The highest BCUT2D eigenvalue weighted by molar-refractivity contribution is 5.82. The van der Waals surface area contributed by atoms with Crippen molar-refractivity contribution in [3.05, 3.63) is 11.8 Å². The fourth-order valence-electron chi connectivity index (χ4n) is 1.63. The van der Waals surface area contributed by atoms with Crippen molar-refractivity contribution < 1.29 is 34.1 Å². The van der Waals surface area contributed by atoms with Gasteiger partial charge in [-0.15, -0.1) is 10.2 Å². The first kappa shape index (κ1) is 19.3. The Morgan fingerprint density at radius 2 is 1.96 bits per heavy atom. The number of urea groups is 1. The minimum atomic E-state index is -1.47. The molecule has 24 heavy (non-hydrogen) atoms. The van der Waals surface area contributed by atoms with Crippen molar-refractivity contribution in [2.24, 2.45) is 5.73 Å². The van der Waals surface area contributed by atoms with Crippen LogP contribution in [0.2, 0.25) is 0 Å². The van der Waals surface area contributed by atoms with Gasteiger partial charge in [0.05, 0.1) is 18.7 Å². The van der Waals surface area contributed by atoms with Gasteiger partial charge in [0.15, 0.2) is 6.04 Å². The van der Waals surface area contributed by atoms with Crippen molar-refractivity contribution in [2.45, 2.75) is 44.5 Å². The molecule has 134 valence electrons.